The Hall–Kier alpha value is -0.870. The highest BCUT2D eigenvalue weighted by molar-refractivity contribution is 7.91. The third kappa shape index (κ3) is 4.05. The number of likely N-dealkylation sites (N-methyl/N-ethyl adjacent to an activating group) is 1. The summed E-state index contributed by atoms with van der Waals surface area (Å²) in [7, 11) is -3.16. The first-order valence-corrected chi connectivity index (χ1v) is 8.64. The van der Waals surface area contributed by atoms with Crippen LogP contribution in [0.3, 0.4) is 0 Å². The van der Waals surface area contributed by atoms with Gasteiger partial charge in [-0.25, -0.2) is 8.42 Å². The summed E-state index contributed by atoms with van der Waals surface area (Å²) in [4.78, 5) is 0.495. The van der Waals surface area contributed by atoms with E-state index in [1.807, 2.05) is 19.1 Å². The van der Waals surface area contributed by atoms with E-state index in [1.165, 1.54) is 0 Å². The average molecular weight is 283 g/mol. The Bertz CT molecular complexity index is 497. The normalized spacial score (nSPS) is 15.2. The van der Waals surface area contributed by atoms with Crippen molar-refractivity contribution in [2.24, 2.45) is 0 Å². The van der Waals surface area contributed by atoms with E-state index < -0.39 is 9.84 Å². The highest BCUT2D eigenvalue weighted by Gasteiger charge is 2.23. The molecule has 0 aromatic heterocycles. The first-order chi connectivity index (χ1) is 8.94. The fourth-order valence-corrected chi connectivity index (χ4v) is 3.94. The third-order valence-corrected chi connectivity index (χ3v) is 5.48. The van der Waals surface area contributed by atoms with E-state index in [4.69, 9.17) is 0 Å². The molecule has 1 aromatic carbocycles. The lowest BCUT2D eigenvalue weighted by Gasteiger charge is -2.23. The van der Waals surface area contributed by atoms with E-state index in [0.717, 1.165) is 12.1 Å². The molecular formula is C15H25NO2S. The molecule has 0 saturated carbocycles. The second-order valence-corrected chi connectivity index (χ2v) is 7.07. The van der Waals surface area contributed by atoms with Crippen molar-refractivity contribution in [1.29, 1.82) is 0 Å². The molecule has 108 valence electrons. The highest BCUT2D eigenvalue weighted by atomic mass is 32.2. The predicted molar refractivity (Wildman–Crippen MR) is 80.3 cm³/mol. The minimum Gasteiger partial charge on any atom is -0.314 e. The van der Waals surface area contributed by atoms with Gasteiger partial charge in [0.05, 0.1) is 10.6 Å². The maximum atomic E-state index is 12.3. The largest absolute Gasteiger partial charge is 0.314 e. The maximum Gasteiger partial charge on any atom is 0.178 e. The lowest BCUT2D eigenvalue weighted by atomic mass is 9.94. The average Bonchev–Trinajstić information content (AvgIpc) is 2.38. The van der Waals surface area contributed by atoms with Crippen molar-refractivity contribution in [2.45, 2.75) is 51.0 Å². The highest BCUT2D eigenvalue weighted by Crippen LogP contribution is 2.27. The lowest BCUT2D eigenvalue weighted by Crippen LogP contribution is -2.31. The van der Waals surface area contributed by atoms with Crippen LogP contribution >= 0.6 is 0 Å². The zero-order valence-corrected chi connectivity index (χ0v) is 13.1. The van der Waals surface area contributed by atoms with Gasteiger partial charge in [-0.05, 0) is 37.4 Å². The number of rotatable bonds is 7. The monoisotopic (exact) mass is 283 g/mol. The van der Waals surface area contributed by atoms with Crippen molar-refractivity contribution in [2.75, 3.05) is 12.3 Å². The lowest BCUT2D eigenvalue weighted by molar-refractivity contribution is 0.489. The van der Waals surface area contributed by atoms with Crippen LogP contribution in [0.15, 0.2) is 29.2 Å². The summed E-state index contributed by atoms with van der Waals surface area (Å²) in [5.74, 6) is 0.384. The van der Waals surface area contributed by atoms with Gasteiger partial charge in [0, 0.05) is 6.04 Å². The molecule has 0 aliphatic carbocycles. The molecule has 1 rings (SSSR count). The van der Waals surface area contributed by atoms with Gasteiger partial charge in [-0.3, -0.25) is 0 Å². The molecule has 0 saturated heterocycles. The second kappa shape index (κ2) is 7.06. The number of hydrogen-bond donors (Lipinski definition) is 1. The quantitative estimate of drug-likeness (QED) is 0.837. The molecule has 0 aliphatic heterocycles. The Morgan fingerprint density at radius 3 is 2.37 bits per heavy atom. The first kappa shape index (κ1) is 16.2. The van der Waals surface area contributed by atoms with Crippen LogP contribution in [-0.4, -0.2) is 26.8 Å². The Morgan fingerprint density at radius 1 is 1.16 bits per heavy atom. The van der Waals surface area contributed by atoms with Crippen LogP contribution in [-0.2, 0) is 9.84 Å². The van der Waals surface area contributed by atoms with Crippen molar-refractivity contribution in [3.8, 4) is 0 Å². The molecule has 0 aliphatic rings. The summed E-state index contributed by atoms with van der Waals surface area (Å²) in [6.07, 6.45) is 0.647. The van der Waals surface area contributed by atoms with Gasteiger partial charge >= 0.3 is 0 Å². The topological polar surface area (TPSA) is 46.2 Å². The van der Waals surface area contributed by atoms with E-state index in [-0.39, 0.29) is 17.7 Å². The first-order valence-electron chi connectivity index (χ1n) is 6.99. The van der Waals surface area contributed by atoms with Crippen LogP contribution in [0.4, 0.5) is 0 Å². The van der Waals surface area contributed by atoms with Crippen molar-refractivity contribution in [3.63, 3.8) is 0 Å². The smallest absolute Gasteiger partial charge is 0.178 e. The van der Waals surface area contributed by atoms with Crippen molar-refractivity contribution in [1.82, 2.24) is 5.32 Å². The fraction of sp³-hybridized carbons (Fsp3) is 0.600. The van der Waals surface area contributed by atoms with E-state index in [2.05, 4.69) is 26.1 Å². The van der Waals surface area contributed by atoms with Gasteiger partial charge in [0.25, 0.3) is 0 Å². The number of sulfone groups is 1. The van der Waals surface area contributed by atoms with Crippen LogP contribution < -0.4 is 5.32 Å². The van der Waals surface area contributed by atoms with Gasteiger partial charge in [0.2, 0.25) is 0 Å². The third-order valence-electron chi connectivity index (χ3n) is 3.49. The molecule has 1 aromatic rings. The van der Waals surface area contributed by atoms with Gasteiger partial charge < -0.3 is 5.32 Å². The Kier molecular flexibility index (Phi) is 6.01. The molecule has 2 unspecified atom stereocenters. The summed E-state index contributed by atoms with van der Waals surface area (Å²) < 4.78 is 24.6. The van der Waals surface area contributed by atoms with E-state index in [1.54, 1.807) is 12.1 Å². The van der Waals surface area contributed by atoms with Gasteiger partial charge in [0.1, 0.15) is 0 Å². The zero-order valence-electron chi connectivity index (χ0n) is 12.3. The van der Waals surface area contributed by atoms with E-state index in [9.17, 15) is 8.42 Å². The molecule has 0 fully saturated rings. The second-order valence-electron chi connectivity index (χ2n) is 4.99. The SMILES string of the molecule is CCCS(=O)(=O)c1ccccc1C(C)C(C)NCC. The van der Waals surface area contributed by atoms with E-state index in [0.29, 0.717) is 11.3 Å². The van der Waals surface area contributed by atoms with Gasteiger partial charge in [-0.15, -0.1) is 0 Å². The van der Waals surface area contributed by atoms with Gasteiger partial charge in [0.15, 0.2) is 9.84 Å². The van der Waals surface area contributed by atoms with Crippen molar-refractivity contribution >= 4 is 9.84 Å². The molecule has 4 heteroatoms. The Balaban J connectivity index is 3.16. The fourth-order valence-electron chi connectivity index (χ4n) is 2.29. The molecule has 1 N–H and O–H groups in total. The van der Waals surface area contributed by atoms with Crippen LogP contribution in [0.2, 0.25) is 0 Å². The number of nitrogens with one attached hydrogen (secondary N) is 1. The molecule has 0 bridgehead atoms. The van der Waals surface area contributed by atoms with Crippen LogP contribution in [0.5, 0.6) is 0 Å². The Labute approximate surface area is 117 Å². The van der Waals surface area contributed by atoms with Crippen LogP contribution in [0, 0.1) is 0 Å². The molecule has 0 heterocycles. The Morgan fingerprint density at radius 2 is 1.79 bits per heavy atom. The number of hydrogen-bond acceptors (Lipinski definition) is 3. The number of benzene rings is 1. The molecule has 2 atom stereocenters. The van der Waals surface area contributed by atoms with Crippen molar-refractivity contribution in [3.05, 3.63) is 29.8 Å². The molecule has 0 spiro atoms. The summed E-state index contributed by atoms with van der Waals surface area (Å²) in [6, 6.07) is 7.63. The molecule has 0 amide bonds. The minimum atomic E-state index is -3.16. The van der Waals surface area contributed by atoms with Gasteiger partial charge in [-0.2, -0.15) is 0 Å². The molecule has 3 nitrogen and oxygen atoms in total. The molecule has 19 heavy (non-hydrogen) atoms. The van der Waals surface area contributed by atoms with Crippen LogP contribution in [0.1, 0.15) is 45.6 Å². The van der Waals surface area contributed by atoms with Crippen molar-refractivity contribution < 1.29 is 8.42 Å². The molecular weight excluding hydrogens is 258 g/mol. The maximum absolute atomic E-state index is 12.3. The van der Waals surface area contributed by atoms with Crippen LogP contribution in [0.25, 0.3) is 0 Å². The zero-order chi connectivity index (χ0) is 14.5. The van der Waals surface area contributed by atoms with Gasteiger partial charge in [-0.1, -0.05) is 39.0 Å². The van der Waals surface area contributed by atoms with E-state index >= 15 is 0 Å². The summed E-state index contributed by atoms with van der Waals surface area (Å²) in [5.41, 5.74) is 0.921. The minimum absolute atomic E-state index is 0.169. The molecule has 0 radical (unpaired) electrons. The summed E-state index contributed by atoms with van der Waals surface area (Å²) in [5, 5.41) is 3.36. The predicted octanol–water partition coefficient (Wildman–Crippen LogP) is 2.97. The summed E-state index contributed by atoms with van der Waals surface area (Å²) >= 11 is 0. The summed E-state index contributed by atoms with van der Waals surface area (Å²) in [6.45, 7) is 9.01. The standard InChI is InChI=1S/C15H25NO2S/c1-5-11-19(17,18)15-10-8-7-9-14(15)12(3)13(4)16-6-2/h7-10,12-13,16H,5-6,11H2,1-4H3.